The lowest BCUT2D eigenvalue weighted by molar-refractivity contribution is 0.378. The molecule has 1 aromatic heterocycles. The van der Waals surface area contributed by atoms with Gasteiger partial charge in [0.25, 0.3) is 0 Å². The Balaban J connectivity index is 2.02. The molecule has 20 heavy (non-hydrogen) atoms. The number of hydrogen-bond acceptors (Lipinski definition) is 4. The van der Waals surface area contributed by atoms with Crippen molar-refractivity contribution < 1.29 is 8.42 Å². The molecule has 0 saturated carbocycles. The molecule has 2 unspecified atom stereocenters. The summed E-state index contributed by atoms with van der Waals surface area (Å²) in [6.45, 7) is 3.07. The summed E-state index contributed by atoms with van der Waals surface area (Å²) < 4.78 is 22.6. The quantitative estimate of drug-likeness (QED) is 0.841. The first kappa shape index (κ1) is 16.0. The Bertz CT molecular complexity index is 522. The number of rotatable bonds is 7. The lowest BCUT2D eigenvalue weighted by atomic mass is 9.81. The summed E-state index contributed by atoms with van der Waals surface area (Å²) in [6, 6.07) is 2.68. The molecule has 2 atom stereocenters. The zero-order valence-electron chi connectivity index (χ0n) is 12.4. The van der Waals surface area contributed by atoms with Crippen LogP contribution < -0.4 is 5.32 Å². The van der Waals surface area contributed by atoms with E-state index in [9.17, 15) is 8.42 Å². The first-order valence-corrected chi connectivity index (χ1v) is 10.4. The van der Waals surface area contributed by atoms with Gasteiger partial charge in [0.2, 0.25) is 0 Å². The van der Waals surface area contributed by atoms with Crippen LogP contribution in [0, 0.1) is 0 Å². The molecule has 1 aliphatic carbocycles. The van der Waals surface area contributed by atoms with Gasteiger partial charge in [0, 0.05) is 28.8 Å². The van der Waals surface area contributed by atoms with E-state index in [1.54, 1.807) is 0 Å². The van der Waals surface area contributed by atoms with Crippen molar-refractivity contribution in [3.8, 4) is 0 Å². The summed E-state index contributed by atoms with van der Waals surface area (Å²) >= 11 is 1.87. The van der Waals surface area contributed by atoms with Crippen molar-refractivity contribution in [2.75, 3.05) is 18.6 Å². The SMILES string of the molecule is CCNC(CCCS(C)(=O)=O)C1CCCc2sccc21. The molecule has 2 rings (SSSR count). The molecule has 1 aliphatic rings. The fourth-order valence-electron chi connectivity index (χ4n) is 3.21. The molecule has 0 spiro atoms. The Kier molecular flexibility index (Phi) is 5.64. The Morgan fingerprint density at radius 3 is 3.00 bits per heavy atom. The third-order valence-electron chi connectivity index (χ3n) is 4.08. The summed E-state index contributed by atoms with van der Waals surface area (Å²) in [7, 11) is -2.84. The van der Waals surface area contributed by atoms with Gasteiger partial charge in [-0.2, -0.15) is 0 Å². The molecular formula is C15H25NO2S2. The number of hydrogen-bond donors (Lipinski definition) is 1. The summed E-state index contributed by atoms with van der Waals surface area (Å²) in [4.78, 5) is 1.53. The minimum atomic E-state index is -2.84. The molecule has 0 radical (unpaired) electrons. The first-order valence-electron chi connectivity index (χ1n) is 7.48. The second-order valence-electron chi connectivity index (χ2n) is 5.73. The Hall–Kier alpha value is -0.390. The van der Waals surface area contributed by atoms with Crippen LogP contribution in [0.1, 0.15) is 49.0 Å². The zero-order chi connectivity index (χ0) is 14.6. The van der Waals surface area contributed by atoms with Gasteiger partial charge >= 0.3 is 0 Å². The molecule has 0 fully saturated rings. The van der Waals surface area contributed by atoms with Crippen LogP contribution in [-0.4, -0.2) is 33.0 Å². The van der Waals surface area contributed by atoms with Gasteiger partial charge < -0.3 is 5.32 Å². The number of aryl methyl sites for hydroxylation is 1. The highest BCUT2D eigenvalue weighted by atomic mass is 32.2. The summed E-state index contributed by atoms with van der Waals surface area (Å²) in [5.41, 5.74) is 1.51. The van der Waals surface area contributed by atoms with Crippen LogP contribution in [0.25, 0.3) is 0 Å². The van der Waals surface area contributed by atoms with Crippen molar-refractivity contribution in [2.45, 2.75) is 51.0 Å². The van der Waals surface area contributed by atoms with Crippen LogP contribution in [0.5, 0.6) is 0 Å². The average molecular weight is 316 g/mol. The number of thiophene rings is 1. The van der Waals surface area contributed by atoms with Crippen molar-refractivity contribution >= 4 is 21.2 Å². The van der Waals surface area contributed by atoms with Crippen LogP contribution in [0.3, 0.4) is 0 Å². The van der Waals surface area contributed by atoms with Gasteiger partial charge in [0.15, 0.2) is 0 Å². The third kappa shape index (κ3) is 4.30. The maximum Gasteiger partial charge on any atom is 0.147 e. The van der Waals surface area contributed by atoms with E-state index in [1.165, 1.54) is 36.0 Å². The summed E-state index contributed by atoms with van der Waals surface area (Å²) in [6.07, 6.45) is 6.72. The lowest BCUT2D eigenvalue weighted by Crippen LogP contribution is -2.36. The number of likely N-dealkylation sites (N-methyl/N-ethyl adjacent to an activating group) is 1. The fraction of sp³-hybridized carbons (Fsp3) is 0.733. The van der Waals surface area contributed by atoms with E-state index in [0.29, 0.717) is 17.7 Å². The predicted octanol–water partition coefficient (Wildman–Crippen LogP) is 2.97. The molecule has 3 nitrogen and oxygen atoms in total. The Morgan fingerprint density at radius 2 is 2.30 bits per heavy atom. The van der Waals surface area contributed by atoms with E-state index in [2.05, 4.69) is 23.7 Å². The maximum atomic E-state index is 11.3. The normalized spacial score (nSPS) is 20.6. The Labute approximate surface area is 126 Å². The topological polar surface area (TPSA) is 46.2 Å². The summed E-state index contributed by atoms with van der Waals surface area (Å²) in [5, 5.41) is 5.78. The molecular weight excluding hydrogens is 290 g/mol. The van der Waals surface area contributed by atoms with E-state index in [0.717, 1.165) is 19.4 Å². The van der Waals surface area contributed by atoms with Crippen molar-refractivity contribution in [2.24, 2.45) is 0 Å². The molecule has 0 bridgehead atoms. The van der Waals surface area contributed by atoms with Gasteiger partial charge in [-0.3, -0.25) is 0 Å². The van der Waals surface area contributed by atoms with Crippen molar-refractivity contribution in [3.05, 3.63) is 21.9 Å². The molecule has 114 valence electrons. The van der Waals surface area contributed by atoms with Crippen molar-refractivity contribution in [1.82, 2.24) is 5.32 Å². The molecule has 1 heterocycles. The third-order valence-corrected chi connectivity index (χ3v) is 6.11. The van der Waals surface area contributed by atoms with Crippen LogP contribution in [0.2, 0.25) is 0 Å². The zero-order valence-corrected chi connectivity index (χ0v) is 14.0. The number of fused-ring (bicyclic) bond motifs is 1. The molecule has 0 aliphatic heterocycles. The van der Waals surface area contributed by atoms with Crippen LogP contribution in [0.15, 0.2) is 11.4 Å². The molecule has 0 amide bonds. The van der Waals surface area contributed by atoms with E-state index in [1.807, 2.05) is 11.3 Å². The van der Waals surface area contributed by atoms with E-state index in [4.69, 9.17) is 0 Å². The summed E-state index contributed by atoms with van der Waals surface area (Å²) in [5.74, 6) is 0.863. The highest BCUT2D eigenvalue weighted by molar-refractivity contribution is 7.90. The largest absolute Gasteiger partial charge is 0.314 e. The standard InChI is InChI=1S/C15H25NO2S2/c1-3-16-14(7-5-11-20(2,17)18)12-6-4-8-15-13(12)9-10-19-15/h9-10,12,14,16H,3-8,11H2,1-2H3. The van der Waals surface area contributed by atoms with Gasteiger partial charge in [0.05, 0.1) is 0 Å². The second kappa shape index (κ2) is 7.05. The van der Waals surface area contributed by atoms with Crippen molar-refractivity contribution in [1.29, 1.82) is 0 Å². The maximum absolute atomic E-state index is 11.3. The molecule has 1 N–H and O–H groups in total. The monoisotopic (exact) mass is 315 g/mol. The van der Waals surface area contributed by atoms with Crippen LogP contribution in [0.4, 0.5) is 0 Å². The molecule has 0 saturated heterocycles. The van der Waals surface area contributed by atoms with Gasteiger partial charge in [-0.25, -0.2) is 8.42 Å². The number of sulfone groups is 1. The predicted molar refractivity (Wildman–Crippen MR) is 86.4 cm³/mol. The molecule has 1 aromatic rings. The highest BCUT2D eigenvalue weighted by Crippen LogP contribution is 2.38. The van der Waals surface area contributed by atoms with Gasteiger partial charge in [-0.15, -0.1) is 11.3 Å². The average Bonchev–Trinajstić information content (AvgIpc) is 2.84. The fourth-order valence-corrected chi connectivity index (χ4v) is 4.90. The van der Waals surface area contributed by atoms with E-state index in [-0.39, 0.29) is 0 Å². The number of nitrogens with one attached hydrogen (secondary N) is 1. The Morgan fingerprint density at radius 1 is 1.50 bits per heavy atom. The smallest absolute Gasteiger partial charge is 0.147 e. The minimum Gasteiger partial charge on any atom is -0.314 e. The highest BCUT2D eigenvalue weighted by Gasteiger charge is 2.28. The minimum absolute atomic E-state index is 0.304. The van der Waals surface area contributed by atoms with Crippen molar-refractivity contribution in [3.63, 3.8) is 0 Å². The lowest BCUT2D eigenvalue weighted by Gasteiger charge is -2.31. The van der Waals surface area contributed by atoms with Gasteiger partial charge in [0.1, 0.15) is 9.84 Å². The molecule has 5 heteroatoms. The van der Waals surface area contributed by atoms with E-state index >= 15 is 0 Å². The van der Waals surface area contributed by atoms with Gasteiger partial charge in [-0.1, -0.05) is 6.92 Å². The van der Waals surface area contributed by atoms with Crippen LogP contribution >= 0.6 is 11.3 Å². The van der Waals surface area contributed by atoms with E-state index < -0.39 is 9.84 Å². The molecule has 0 aromatic carbocycles. The second-order valence-corrected chi connectivity index (χ2v) is 8.99. The van der Waals surface area contributed by atoms with Gasteiger partial charge in [-0.05, 0) is 55.7 Å². The first-order chi connectivity index (χ1) is 9.51. The van der Waals surface area contributed by atoms with Crippen LogP contribution in [-0.2, 0) is 16.3 Å².